The summed E-state index contributed by atoms with van der Waals surface area (Å²) in [7, 11) is 1.90. The normalized spacial score (nSPS) is 25.3. The lowest BCUT2D eigenvalue weighted by Crippen LogP contribution is -2.51. The average molecular weight is 665 g/mol. The van der Waals surface area contributed by atoms with E-state index < -0.39 is 6.36 Å². The summed E-state index contributed by atoms with van der Waals surface area (Å²) in [4.78, 5) is 23.7. The minimum Gasteiger partial charge on any atom is -0.492 e. The maximum Gasteiger partial charge on any atom is 0.573 e. The van der Waals surface area contributed by atoms with Gasteiger partial charge in [-0.1, -0.05) is 0 Å². The lowest BCUT2D eigenvalue weighted by Gasteiger charge is -2.57. The van der Waals surface area contributed by atoms with E-state index in [1.807, 2.05) is 31.0 Å². The number of pyridine rings is 1. The first kappa shape index (κ1) is 32.6. The van der Waals surface area contributed by atoms with Gasteiger partial charge in [-0.05, 0) is 116 Å². The van der Waals surface area contributed by atoms with Crippen LogP contribution in [0.5, 0.6) is 11.5 Å². The highest BCUT2D eigenvalue weighted by Gasteiger charge is 2.51. The molecule has 12 heteroatoms. The van der Waals surface area contributed by atoms with Gasteiger partial charge in [-0.15, -0.1) is 23.4 Å². The number of halogens is 3. The smallest absolute Gasteiger partial charge is 0.492 e. The summed E-state index contributed by atoms with van der Waals surface area (Å²) >= 11 is 0. The highest BCUT2D eigenvalue weighted by atomic mass is 19.4. The molecule has 4 saturated carbocycles. The highest BCUT2D eigenvalue weighted by Crippen LogP contribution is 2.60. The molecule has 0 atom stereocenters. The van der Waals surface area contributed by atoms with E-state index in [1.54, 1.807) is 24.5 Å². The number of benzene rings is 1. The summed E-state index contributed by atoms with van der Waals surface area (Å²) in [5.74, 6) is 3.42. The number of piperazine rings is 1. The highest BCUT2D eigenvalue weighted by molar-refractivity contribution is 5.92. The Morgan fingerprint density at radius 1 is 0.917 bits per heavy atom. The van der Waals surface area contributed by atoms with Gasteiger partial charge in [0, 0.05) is 58.1 Å². The van der Waals surface area contributed by atoms with Gasteiger partial charge >= 0.3 is 6.36 Å². The molecule has 4 bridgehead atoms. The van der Waals surface area contributed by atoms with Crippen molar-refractivity contribution in [3.63, 3.8) is 0 Å². The molecule has 3 heterocycles. The van der Waals surface area contributed by atoms with Crippen LogP contribution in [-0.2, 0) is 6.54 Å². The van der Waals surface area contributed by atoms with Gasteiger partial charge in [0.1, 0.15) is 11.5 Å². The van der Waals surface area contributed by atoms with Crippen LogP contribution < -0.4 is 14.4 Å². The van der Waals surface area contributed by atoms with Gasteiger partial charge < -0.3 is 19.3 Å². The summed E-state index contributed by atoms with van der Waals surface area (Å²) in [5.41, 5.74) is 2.53. The average Bonchev–Trinajstić information content (AvgIpc) is 3.03. The number of ether oxygens (including phenoxy) is 2. The summed E-state index contributed by atoms with van der Waals surface area (Å²) < 4.78 is 49.4. The molecule has 256 valence electrons. The second kappa shape index (κ2) is 13.2. The molecular weight excluding hydrogens is 621 g/mol. The Bertz CT molecular complexity index is 1570. The monoisotopic (exact) mass is 664 g/mol. The third-order valence-electron chi connectivity index (χ3n) is 10.6. The summed E-state index contributed by atoms with van der Waals surface area (Å²) in [5, 5.41) is 8.76. The lowest BCUT2D eigenvalue weighted by molar-refractivity contribution is -0.274. The van der Waals surface area contributed by atoms with Crippen LogP contribution in [0.4, 0.5) is 19.0 Å². The SMILES string of the molecule is CCOc1cncc(-c2cc(CN3CCN(c4ccc(C(=O)N(C)CC56CC7CC(CC(C7)C5)C6)nn4)CC3)cc(OC(F)(F)F)c2)c1. The molecule has 1 amide bonds. The molecule has 0 N–H and O–H groups in total. The molecular formula is C36H43F3N6O3. The van der Waals surface area contributed by atoms with Crippen LogP contribution in [0.2, 0.25) is 0 Å². The van der Waals surface area contributed by atoms with Gasteiger partial charge in [-0.25, -0.2) is 0 Å². The molecule has 2 aromatic heterocycles. The Labute approximate surface area is 279 Å². The number of anilines is 1. The first-order valence-corrected chi connectivity index (χ1v) is 17.1. The Hall–Kier alpha value is -3.93. The number of amides is 1. The number of nitrogens with zero attached hydrogens (tertiary/aromatic N) is 6. The number of carbonyl (C=O) groups is 1. The van der Waals surface area contributed by atoms with Gasteiger partial charge in [0.05, 0.1) is 12.8 Å². The van der Waals surface area contributed by atoms with Gasteiger partial charge in [-0.2, -0.15) is 0 Å². The second-order valence-electron chi connectivity index (χ2n) is 14.4. The van der Waals surface area contributed by atoms with Crippen molar-refractivity contribution in [1.82, 2.24) is 25.0 Å². The van der Waals surface area contributed by atoms with Crippen molar-refractivity contribution < 1.29 is 27.4 Å². The Morgan fingerprint density at radius 3 is 2.23 bits per heavy atom. The van der Waals surface area contributed by atoms with Crippen molar-refractivity contribution >= 4 is 11.7 Å². The van der Waals surface area contributed by atoms with Crippen LogP contribution in [0.3, 0.4) is 0 Å². The first-order chi connectivity index (χ1) is 23.0. The molecule has 3 aromatic rings. The molecule has 1 aromatic carbocycles. The summed E-state index contributed by atoms with van der Waals surface area (Å²) in [6, 6.07) is 10.1. The molecule has 48 heavy (non-hydrogen) atoms. The molecule has 0 unspecified atom stereocenters. The van der Waals surface area contributed by atoms with E-state index in [1.165, 1.54) is 50.7 Å². The van der Waals surface area contributed by atoms with E-state index in [2.05, 4.69) is 29.7 Å². The standard InChI is InChI=1S/C36H43F3N6O3/c1-3-47-31-16-29(20-40-21-31)28-13-27(14-30(15-28)48-36(37,38)39)22-44-6-8-45(9-7-44)33-5-4-32(41-42-33)34(46)43(2)23-35-17-24-10-25(18-35)12-26(11-24)19-35/h4-5,13-16,20-21,24-26H,3,6-12,17-19,22-23H2,1-2H3. The van der Waals surface area contributed by atoms with E-state index in [9.17, 15) is 18.0 Å². The Morgan fingerprint density at radius 2 is 1.60 bits per heavy atom. The molecule has 1 saturated heterocycles. The fourth-order valence-corrected chi connectivity index (χ4v) is 9.19. The number of carbonyl (C=O) groups excluding carboxylic acids is 1. The number of rotatable bonds is 10. The maximum atomic E-state index is 13.4. The zero-order valence-electron chi connectivity index (χ0n) is 27.6. The number of hydrogen-bond donors (Lipinski definition) is 0. The zero-order valence-corrected chi connectivity index (χ0v) is 27.6. The minimum absolute atomic E-state index is 0.0777. The predicted octanol–water partition coefficient (Wildman–Crippen LogP) is 6.45. The molecule has 5 fully saturated rings. The summed E-state index contributed by atoms with van der Waals surface area (Å²) in [6.07, 6.45) is 6.25. The van der Waals surface area contributed by atoms with Crippen molar-refractivity contribution in [2.75, 3.05) is 51.3 Å². The van der Waals surface area contributed by atoms with E-state index in [4.69, 9.17) is 4.74 Å². The largest absolute Gasteiger partial charge is 0.573 e. The van der Waals surface area contributed by atoms with E-state index in [0.29, 0.717) is 73.3 Å². The quantitative estimate of drug-likeness (QED) is 0.245. The van der Waals surface area contributed by atoms with Crippen molar-refractivity contribution in [2.45, 2.75) is 58.4 Å². The van der Waals surface area contributed by atoms with Crippen LogP contribution in [0.15, 0.2) is 48.8 Å². The van der Waals surface area contributed by atoms with Crippen molar-refractivity contribution in [3.05, 3.63) is 60.0 Å². The van der Waals surface area contributed by atoms with Crippen molar-refractivity contribution in [3.8, 4) is 22.6 Å². The van der Waals surface area contributed by atoms with E-state index in [-0.39, 0.29) is 17.1 Å². The maximum absolute atomic E-state index is 13.4. The molecule has 8 rings (SSSR count). The fraction of sp³-hybridized carbons (Fsp3) is 0.556. The summed E-state index contributed by atoms with van der Waals surface area (Å²) in [6.45, 7) is 6.24. The van der Waals surface area contributed by atoms with Crippen LogP contribution in [0.25, 0.3) is 11.1 Å². The minimum atomic E-state index is -4.81. The van der Waals surface area contributed by atoms with Crippen LogP contribution >= 0.6 is 0 Å². The number of aromatic nitrogens is 3. The molecule has 9 nitrogen and oxygen atoms in total. The third kappa shape index (κ3) is 7.38. The molecule has 0 radical (unpaired) electrons. The number of alkyl halides is 3. The van der Waals surface area contributed by atoms with Gasteiger partial charge in [0.25, 0.3) is 5.91 Å². The second-order valence-corrected chi connectivity index (χ2v) is 14.4. The Balaban J connectivity index is 0.965. The zero-order chi connectivity index (χ0) is 33.5. The number of hydrogen-bond acceptors (Lipinski definition) is 8. The van der Waals surface area contributed by atoms with Gasteiger partial charge in [-0.3, -0.25) is 14.7 Å². The van der Waals surface area contributed by atoms with E-state index >= 15 is 0 Å². The van der Waals surface area contributed by atoms with Gasteiger partial charge in [0.2, 0.25) is 0 Å². The topological polar surface area (TPSA) is 83.9 Å². The van der Waals surface area contributed by atoms with E-state index in [0.717, 1.165) is 24.3 Å². The van der Waals surface area contributed by atoms with Crippen LogP contribution in [0.1, 0.15) is 61.5 Å². The van der Waals surface area contributed by atoms with Gasteiger partial charge in [0.15, 0.2) is 11.5 Å². The molecule has 4 aliphatic carbocycles. The lowest BCUT2D eigenvalue weighted by atomic mass is 9.49. The first-order valence-electron chi connectivity index (χ1n) is 17.1. The third-order valence-corrected chi connectivity index (χ3v) is 10.6. The predicted molar refractivity (Wildman–Crippen MR) is 175 cm³/mol. The van der Waals surface area contributed by atoms with Crippen molar-refractivity contribution in [1.29, 1.82) is 0 Å². The molecule has 0 spiro atoms. The van der Waals surface area contributed by atoms with Crippen LogP contribution in [-0.4, -0.2) is 83.6 Å². The van der Waals surface area contributed by atoms with Crippen molar-refractivity contribution in [2.24, 2.45) is 23.2 Å². The Kier molecular flexibility index (Phi) is 8.95. The molecule has 1 aliphatic heterocycles. The molecule has 5 aliphatic rings. The fourth-order valence-electron chi connectivity index (χ4n) is 9.19. The van der Waals surface area contributed by atoms with Crippen LogP contribution in [0, 0.1) is 23.2 Å².